The molecule has 0 radical (unpaired) electrons. The van der Waals surface area contributed by atoms with E-state index in [-0.39, 0.29) is 5.91 Å². The molecule has 1 saturated heterocycles. The molecule has 0 unspecified atom stereocenters. The minimum Gasteiger partial charge on any atom is -0.356 e. The second-order valence-electron chi connectivity index (χ2n) is 6.00. The highest BCUT2D eigenvalue weighted by Crippen LogP contribution is 2.20. The van der Waals surface area contributed by atoms with E-state index in [1.807, 2.05) is 12.1 Å². The molecule has 1 amide bonds. The number of alkyl halides is 1. The van der Waals surface area contributed by atoms with Crippen LogP contribution in [0.5, 0.6) is 0 Å². The fraction of sp³-hybridized carbons (Fsp3) is 0.588. The lowest BCUT2D eigenvalue weighted by molar-refractivity contribution is -0.120. The summed E-state index contributed by atoms with van der Waals surface area (Å²) in [5, 5.41) is 3.49. The first-order valence-corrected chi connectivity index (χ1v) is 11.0. The summed E-state index contributed by atoms with van der Waals surface area (Å²) in [5.41, 5.74) is 1.02. The minimum absolute atomic E-state index is 0.0206. The normalized spacial score (nSPS) is 16.5. The molecule has 1 aromatic rings. The molecule has 2 rings (SSSR count). The van der Waals surface area contributed by atoms with Crippen LogP contribution in [-0.2, 0) is 21.2 Å². The minimum atomic E-state index is -3.39. The predicted octanol–water partition coefficient (Wildman–Crippen LogP) is 2.70. The van der Waals surface area contributed by atoms with Gasteiger partial charge in [-0.25, -0.2) is 8.42 Å². The second kappa shape index (κ2) is 9.53. The van der Waals surface area contributed by atoms with E-state index in [2.05, 4.69) is 21.2 Å². The number of amides is 1. The summed E-state index contributed by atoms with van der Waals surface area (Å²) in [4.78, 5) is 11.8. The van der Waals surface area contributed by atoms with Gasteiger partial charge in [0.2, 0.25) is 15.9 Å². The van der Waals surface area contributed by atoms with Gasteiger partial charge in [0.05, 0.1) is 4.90 Å². The quantitative estimate of drug-likeness (QED) is 0.694. The number of carbonyl (C=O) groups excluding carboxylic acids is 1. The molecule has 1 heterocycles. The lowest BCUT2D eigenvalue weighted by atomic mass is 10.1. The smallest absolute Gasteiger partial charge is 0.243 e. The monoisotopic (exact) mass is 416 g/mol. The Labute approximate surface area is 153 Å². The van der Waals surface area contributed by atoms with Gasteiger partial charge in [0.15, 0.2) is 0 Å². The van der Waals surface area contributed by atoms with Gasteiger partial charge in [-0.3, -0.25) is 4.79 Å². The van der Waals surface area contributed by atoms with Gasteiger partial charge in [0.25, 0.3) is 0 Å². The molecular formula is C17H25BrN2O3S. The van der Waals surface area contributed by atoms with Crippen LogP contribution in [0.2, 0.25) is 0 Å². The van der Waals surface area contributed by atoms with Crippen LogP contribution in [0.4, 0.5) is 0 Å². The van der Waals surface area contributed by atoms with Gasteiger partial charge in [-0.15, -0.1) is 0 Å². The van der Waals surface area contributed by atoms with E-state index >= 15 is 0 Å². The summed E-state index contributed by atoms with van der Waals surface area (Å²) < 4.78 is 27.0. The molecular weight excluding hydrogens is 392 g/mol. The first-order chi connectivity index (χ1) is 11.5. The van der Waals surface area contributed by atoms with Crippen LogP contribution in [0.3, 0.4) is 0 Å². The van der Waals surface area contributed by atoms with Crippen LogP contribution in [-0.4, -0.2) is 43.6 Å². The van der Waals surface area contributed by atoms with Crippen molar-refractivity contribution in [1.82, 2.24) is 9.62 Å². The number of rotatable bonds is 7. The SMILES string of the molecule is O=C(CCBr)NCCc1ccc(S(=O)(=O)N2CCCCCC2)cc1. The molecule has 134 valence electrons. The third kappa shape index (κ3) is 5.57. The Hall–Kier alpha value is -0.920. The van der Waals surface area contributed by atoms with E-state index in [1.54, 1.807) is 16.4 Å². The molecule has 5 nitrogen and oxygen atoms in total. The van der Waals surface area contributed by atoms with Gasteiger partial charge >= 0.3 is 0 Å². The molecule has 1 N–H and O–H groups in total. The Balaban J connectivity index is 1.94. The van der Waals surface area contributed by atoms with E-state index in [4.69, 9.17) is 0 Å². The van der Waals surface area contributed by atoms with Gasteiger partial charge in [-0.1, -0.05) is 40.9 Å². The second-order valence-corrected chi connectivity index (χ2v) is 8.73. The van der Waals surface area contributed by atoms with Gasteiger partial charge in [-0.2, -0.15) is 4.31 Å². The van der Waals surface area contributed by atoms with Crippen molar-refractivity contribution in [3.63, 3.8) is 0 Å². The van der Waals surface area contributed by atoms with Gasteiger partial charge in [0.1, 0.15) is 0 Å². The fourth-order valence-electron chi connectivity index (χ4n) is 2.78. The zero-order valence-electron chi connectivity index (χ0n) is 13.8. The van der Waals surface area contributed by atoms with Crippen molar-refractivity contribution >= 4 is 31.9 Å². The number of benzene rings is 1. The summed E-state index contributed by atoms with van der Waals surface area (Å²) in [5.74, 6) is 0.0206. The number of halogens is 1. The zero-order chi connectivity index (χ0) is 17.4. The maximum atomic E-state index is 12.7. The van der Waals surface area contributed by atoms with Crippen molar-refractivity contribution in [2.75, 3.05) is 25.0 Å². The predicted molar refractivity (Wildman–Crippen MR) is 98.8 cm³/mol. The van der Waals surface area contributed by atoms with E-state index in [0.29, 0.717) is 42.7 Å². The number of nitrogens with zero attached hydrogens (tertiary/aromatic N) is 1. The maximum absolute atomic E-state index is 12.7. The lowest BCUT2D eigenvalue weighted by Gasteiger charge is -2.20. The van der Waals surface area contributed by atoms with Crippen molar-refractivity contribution in [2.45, 2.75) is 43.4 Å². The summed E-state index contributed by atoms with van der Waals surface area (Å²) in [6, 6.07) is 7.02. The molecule has 1 aliphatic heterocycles. The zero-order valence-corrected chi connectivity index (χ0v) is 16.2. The first-order valence-electron chi connectivity index (χ1n) is 8.46. The average Bonchev–Trinajstić information content (AvgIpc) is 2.85. The molecule has 1 aliphatic rings. The highest BCUT2D eigenvalue weighted by atomic mass is 79.9. The van der Waals surface area contributed by atoms with Crippen LogP contribution in [0.15, 0.2) is 29.2 Å². The molecule has 0 atom stereocenters. The molecule has 0 aromatic heterocycles. The Kier molecular flexibility index (Phi) is 7.71. The molecule has 24 heavy (non-hydrogen) atoms. The van der Waals surface area contributed by atoms with Gasteiger partial charge in [-0.05, 0) is 37.0 Å². The molecule has 0 saturated carbocycles. The Morgan fingerprint density at radius 2 is 1.71 bits per heavy atom. The highest BCUT2D eigenvalue weighted by Gasteiger charge is 2.24. The van der Waals surface area contributed by atoms with Crippen molar-refractivity contribution in [1.29, 1.82) is 0 Å². The topological polar surface area (TPSA) is 66.5 Å². The van der Waals surface area contributed by atoms with Crippen LogP contribution >= 0.6 is 15.9 Å². The molecule has 0 spiro atoms. The molecule has 1 aromatic carbocycles. The van der Waals surface area contributed by atoms with Crippen LogP contribution in [0.1, 0.15) is 37.7 Å². The van der Waals surface area contributed by atoms with E-state index < -0.39 is 10.0 Å². The number of sulfonamides is 1. The van der Waals surface area contributed by atoms with Crippen molar-refractivity contribution in [3.8, 4) is 0 Å². The van der Waals surface area contributed by atoms with E-state index in [1.165, 1.54) is 0 Å². The molecule has 0 aliphatic carbocycles. The third-order valence-corrected chi connectivity index (χ3v) is 6.49. The van der Waals surface area contributed by atoms with Crippen molar-refractivity contribution < 1.29 is 13.2 Å². The number of nitrogens with one attached hydrogen (secondary N) is 1. The molecule has 7 heteroatoms. The number of hydrogen-bond acceptors (Lipinski definition) is 3. The Morgan fingerprint density at radius 3 is 2.29 bits per heavy atom. The van der Waals surface area contributed by atoms with Crippen LogP contribution in [0.25, 0.3) is 0 Å². The van der Waals surface area contributed by atoms with Gasteiger partial charge in [0, 0.05) is 31.4 Å². The van der Waals surface area contributed by atoms with E-state index in [0.717, 1.165) is 31.2 Å². The Bertz CT molecular complexity index is 624. The van der Waals surface area contributed by atoms with Crippen LogP contribution in [0, 0.1) is 0 Å². The first kappa shape index (κ1) is 19.4. The van der Waals surface area contributed by atoms with E-state index in [9.17, 15) is 13.2 Å². The van der Waals surface area contributed by atoms with Crippen LogP contribution < -0.4 is 5.32 Å². The lowest BCUT2D eigenvalue weighted by Crippen LogP contribution is -2.31. The van der Waals surface area contributed by atoms with Crippen molar-refractivity contribution in [2.24, 2.45) is 0 Å². The third-order valence-electron chi connectivity index (χ3n) is 4.18. The maximum Gasteiger partial charge on any atom is 0.243 e. The Morgan fingerprint density at radius 1 is 1.08 bits per heavy atom. The summed E-state index contributed by atoms with van der Waals surface area (Å²) in [7, 11) is -3.39. The summed E-state index contributed by atoms with van der Waals surface area (Å²) in [6.07, 6.45) is 5.24. The number of hydrogen-bond donors (Lipinski definition) is 1. The molecule has 1 fully saturated rings. The number of carbonyl (C=O) groups is 1. The highest BCUT2D eigenvalue weighted by molar-refractivity contribution is 9.09. The van der Waals surface area contributed by atoms with Crippen molar-refractivity contribution in [3.05, 3.63) is 29.8 Å². The fourth-order valence-corrected chi connectivity index (χ4v) is 4.66. The standard InChI is InChI=1S/C17H25BrN2O3S/c18-11-9-17(21)19-12-10-15-5-7-16(8-6-15)24(22,23)20-13-3-1-2-4-14-20/h5-8H,1-4,9-14H2,(H,19,21). The average molecular weight is 417 g/mol. The summed E-state index contributed by atoms with van der Waals surface area (Å²) >= 11 is 3.23. The largest absolute Gasteiger partial charge is 0.356 e. The summed E-state index contributed by atoms with van der Waals surface area (Å²) in [6.45, 7) is 1.79. The molecule has 0 bridgehead atoms. The van der Waals surface area contributed by atoms with Gasteiger partial charge < -0.3 is 5.32 Å².